The SMILES string of the molecule is CC(C)Oc1cccc(C(=O)NC(=S)Nc2ccc(OCCc3ccccc3)cc2)c1. The predicted molar refractivity (Wildman–Crippen MR) is 128 cm³/mol. The topological polar surface area (TPSA) is 59.6 Å². The molecule has 0 radical (unpaired) electrons. The maximum absolute atomic E-state index is 12.5. The van der Waals surface area contributed by atoms with Crippen molar-refractivity contribution in [3.63, 3.8) is 0 Å². The van der Waals surface area contributed by atoms with Gasteiger partial charge < -0.3 is 14.8 Å². The van der Waals surface area contributed by atoms with Crippen molar-refractivity contribution >= 4 is 28.9 Å². The molecule has 0 heterocycles. The summed E-state index contributed by atoms with van der Waals surface area (Å²) in [6.45, 7) is 4.47. The van der Waals surface area contributed by atoms with E-state index in [1.165, 1.54) is 5.56 Å². The lowest BCUT2D eigenvalue weighted by molar-refractivity contribution is 0.0977. The third-order valence-electron chi connectivity index (χ3n) is 4.31. The number of ether oxygens (including phenoxy) is 2. The van der Waals surface area contributed by atoms with Crippen molar-refractivity contribution in [2.24, 2.45) is 0 Å². The number of amides is 1. The van der Waals surface area contributed by atoms with Crippen LogP contribution < -0.4 is 20.1 Å². The van der Waals surface area contributed by atoms with Gasteiger partial charge in [0.25, 0.3) is 5.91 Å². The molecule has 0 saturated heterocycles. The van der Waals surface area contributed by atoms with Crippen molar-refractivity contribution < 1.29 is 14.3 Å². The standard InChI is InChI=1S/C25H26N2O3S/c1-18(2)30-23-10-6-9-20(17-23)24(28)27-25(31)26-21-11-13-22(14-12-21)29-16-15-19-7-4-3-5-8-19/h3-14,17-18H,15-16H2,1-2H3,(H2,26,27,28,31). The van der Waals surface area contributed by atoms with Crippen molar-refractivity contribution in [1.82, 2.24) is 5.32 Å². The Labute approximate surface area is 188 Å². The first-order chi connectivity index (χ1) is 15.0. The minimum atomic E-state index is -0.299. The van der Waals surface area contributed by atoms with Crippen LogP contribution in [-0.4, -0.2) is 23.7 Å². The normalized spacial score (nSPS) is 10.4. The number of hydrogen-bond acceptors (Lipinski definition) is 4. The van der Waals surface area contributed by atoms with E-state index in [2.05, 4.69) is 22.8 Å². The summed E-state index contributed by atoms with van der Waals surface area (Å²) in [4.78, 5) is 12.5. The third kappa shape index (κ3) is 7.42. The summed E-state index contributed by atoms with van der Waals surface area (Å²) < 4.78 is 11.4. The molecule has 0 aliphatic rings. The van der Waals surface area contributed by atoms with E-state index < -0.39 is 0 Å². The van der Waals surface area contributed by atoms with Crippen molar-refractivity contribution in [1.29, 1.82) is 0 Å². The van der Waals surface area contributed by atoms with E-state index in [0.29, 0.717) is 17.9 Å². The summed E-state index contributed by atoms with van der Waals surface area (Å²) in [5, 5.41) is 5.92. The quantitative estimate of drug-likeness (QED) is 0.476. The molecule has 31 heavy (non-hydrogen) atoms. The molecule has 0 unspecified atom stereocenters. The molecule has 0 aromatic heterocycles. The fourth-order valence-electron chi connectivity index (χ4n) is 2.89. The van der Waals surface area contributed by atoms with Gasteiger partial charge in [0, 0.05) is 17.7 Å². The summed E-state index contributed by atoms with van der Waals surface area (Å²) >= 11 is 5.27. The molecule has 0 aliphatic carbocycles. The highest BCUT2D eigenvalue weighted by Crippen LogP contribution is 2.17. The van der Waals surface area contributed by atoms with E-state index >= 15 is 0 Å². The Morgan fingerprint density at radius 3 is 2.39 bits per heavy atom. The molecule has 5 nitrogen and oxygen atoms in total. The fraction of sp³-hybridized carbons (Fsp3) is 0.200. The highest BCUT2D eigenvalue weighted by molar-refractivity contribution is 7.80. The fourth-order valence-corrected chi connectivity index (χ4v) is 3.10. The minimum absolute atomic E-state index is 0.0337. The van der Waals surface area contributed by atoms with Crippen LogP contribution in [0.2, 0.25) is 0 Å². The molecule has 3 aromatic carbocycles. The average molecular weight is 435 g/mol. The van der Waals surface area contributed by atoms with Gasteiger partial charge in [0.2, 0.25) is 0 Å². The number of hydrogen-bond donors (Lipinski definition) is 2. The lowest BCUT2D eigenvalue weighted by Crippen LogP contribution is -2.34. The Hall–Kier alpha value is -3.38. The smallest absolute Gasteiger partial charge is 0.257 e. The van der Waals surface area contributed by atoms with Gasteiger partial charge in [-0.3, -0.25) is 10.1 Å². The Morgan fingerprint density at radius 2 is 1.68 bits per heavy atom. The lowest BCUT2D eigenvalue weighted by atomic mass is 10.2. The third-order valence-corrected chi connectivity index (χ3v) is 4.51. The van der Waals surface area contributed by atoms with Crippen LogP contribution in [0.4, 0.5) is 5.69 Å². The Bertz CT molecular complexity index is 1000. The second kappa shape index (κ2) is 11.1. The summed E-state index contributed by atoms with van der Waals surface area (Å²) in [7, 11) is 0. The minimum Gasteiger partial charge on any atom is -0.493 e. The van der Waals surface area contributed by atoms with Crippen LogP contribution in [0.3, 0.4) is 0 Å². The first-order valence-corrected chi connectivity index (χ1v) is 10.6. The zero-order valence-electron chi connectivity index (χ0n) is 17.6. The molecule has 3 aromatic rings. The van der Waals surface area contributed by atoms with Crippen LogP contribution >= 0.6 is 12.2 Å². The van der Waals surface area contributed by atoms with Gasteiger partial charge in [-0.05, 0) is 74.1 Å². The molecular formula is C25H26N2O3S. The molecule has 6 heteroatoms. The number of carbonyl (C=O) groups excluding carboxylic acids is 1. The zero-order valence-corrected chi connectivity index (χ0v) is 18.4. The summed E-state index contributed by atoms with van der Waals surface area (Å²) in [6.07, 6.45) is 0.881. The first-order valence-electron chi connectivity index (χ1n) is 10.2. The van der Waals surface area contributed by atoms with E-state index in [4.69, 9.17) is 21.7 Å². The first kappa shape index (κ1) is 22.3. The monoisotopic (exact) mass is 434 g/mol. The number of thiocarbonyl (C=S) groups is 1. The largest absolute Gasteiger partial charge is 0.493 e. The molecule has 2 N–H and O–H groups in total. The van der Waals surface area contributed by atoms with Crippen molar-refractivity contribution in [3.8, 4) is 11.5 Å². The van der Waals surface area contributed by atoms with E-state index in [0.717, 1.165) is 17.9 Å². The van der Waals surface area contributed by atoms with Gasteiger partial charge in [-0.1, -0.05) is 36.4 Å². The molecule has 0 atom stereocenters. The zero-order chi connectivity index (χ0) is 22.1. The van der Waals surface area contributed by atoms with Crippen LogP contribution in [-0.2, 0) is 6.42 Å². The van der Waals surface area contributed by atoms with E-state index in [1.54, 1.807) is 18.2 Å². The number of anilines is 1. The van der Waals surface area contributed by atoms with E-state index in [-0.39, 0.29) is 17.1 Å². The average Bonchev–Trinajstić information content (AvgIpc) is 2.75. The molecular weight excluding hydrogens is 408 g/mol. The maximum Gasteiger partial charge on any atom is 0.257 e. The predicted octanol–water partition coefficient (Wildman–Crippen LogP) is 5.22. The van der Waals surface area contributed by atoms with E-state index in [1.807, 2.05) is 62.4 Å². The summed E-state index contributed by atoms with van der Waals surface area (Å²) in [5.74, 6) is 1.12. The number of rotatable bonds is 8. The number of nitrogens with one attached hydrogen (secondary N) is 2. The summed E-state index contributed by atoms with van der Waals surface area (Å²) in [5.41, 5.74) is 2.48. The van der Waals surface area contributed by atoms with Gasteiger partial charge in [0.1, 0.15) is 11.5 Å². The van der Waals surface area contributed by atoms with Gasteiger partial charge in [-0.15, -0.1) is 0 Å². The van der Waals surface area contributed by atoms with Gasteiger partial charge in [0.15, 0.2) is 5.11 Å². The Morgan fingerprint density at radius 1 is 0.935 bits per heavy atom. The van der Waals surface area contributed by atoms with Crippen molar-refractivity contribution in [3.05, 3.63) is 90.0 Å². The van der Waals surface area contributed by atoms with Crippen LogP contribution in [0.1, 0.15) is 29.8 Å². The maximum atomic E-state index is 12.5. The second-order valence-electron chi connectivity index (χ2n) is 7.21. The molecule has 1 amide bonds. The van der Waals surface area contributed by atoms with Gasteiger partial charge in [-0.25, -0.2) is 0 Å². The van der Waals surface area contributed by atoms with Crippen LogP contribution in [0.15, 0.2) is 78.9 Å². The highest BCUT2D eigenvalue weighted by atomic mass is 32.1. The second-order valence-corrected chi connectivity index (χ2v) is 7.62. The van der Waals surface area contributed by atoms with Crippen molar-refractivity contribution in [2.45, 2.75) is 26.4 Å². The van der Waals surface area contributed by atoms with Gasteiger partial charge >= 0.3 is 0 Å². The van der Waals surface area contributed by atoms with Crippen molar-refractivity contribution in [2.75, 3.05) is 11.9 Å². The molecule has 3 rings (SSSR count). The van der Waals surface area contributed by atoms with Crippen LogP contribution in [0.25, 0.3) is 0 Å². The number of benzene rings is 3. The Balaban J connectivity index is 1.47. The van der Waals surface area contributed by atoms with Crippen LogP contribution in [0, 0.1) is 0 Å². The van der Waals surface area contributed by atoms with Crippen LogP contribution in [0.5, 0.6) is 11.5 Å². The highest BCUT2D eigenvalue weighted by Gasteiger charge is 2.10. The molecule has 0 saturated carbocycles. The molecule has 160 valence electrons. The van der Waals surface area contributed by atoms with Gasteiger partial charge in [0.05, 0.1) is 12.7 Å². The lowest BCUT2D eigenvalue weighted by Gasteiger charge is -2.12. The Kier molecular flexibility index (Phi) is 8.01. The summed E-state index contributed by atoms with van der Waals surface area (Å²) in [6, 6.07) is 24.7. The number of carbonyl (C=O) groups is 1. The molecule has 0 spiro atoms. The molecule has 0 fully saturated rings. The van der Waals surface area contributed by atoms with E-state index in [9.17, 15) is 4.79 Å². The van der Waals surface area contributed by atoms with Gasteiger partial charge in [-0.2, -0.15) is 0 Å². The molecule has 0 aliphatic heterocycles. The molecule has 0 bridgehead atoms.